The Morgan fingerprint density at radius 2 is 1.71 bits per heavy atom. The molecule has 0 radical (unpaired) electrons. The van der Waals surface area contributed by atoms with Crippen molar-refractivity contribution in [1.82, 2.24) is 16.0 Å². The van der Waals surface area contributed by atoms with Crippen molar-refractivity contribution < 1.29 is 23.2 Å². The predicted molar refractivity (Wildman–Crippen MR) is 99.4 cm³/mol. The molecule has 0 saturated carbocycles. The summed E-state index contributed by atoms with van der Waals surface area (Å²) in [5.41, 5.74) is 0.624. The van der Waals surface area contributed by atoms with Crippen LogP contribution in [-0.4, -0.2) is 30.9 Å². The number of nitrogens with one attached hydrogen (secondary N) is 4. The van der Waals surface area contributed by atoms with Crippen molar-refractivity contribution in [3.05, 3.63) is 65.7 Å². The van der Waals surface area contributed by atoms with Crippen LogP contribution in [0.25, 0.3) is 0 Å². The zero-order valence-corrected chi connectivity index (χ0v) is 15.1. The summed E-state index contributed by atoms with van der Waals surface area (Å²) in [4.78, 5) is 36.1. The number of rotatable bonds is 7. The fraction of sp³-hybridized carbons (Fsp3) is 0.211. The highest BCUT2D eigenvalue weighted by atomic mass is 19.2. The molecule has 0 spiro atoms. The van der Waals surface area contributed by atoms with E-state index in [4.69, 9.17) is 0 Å². The molecule has 0 heterocycles. The van der Waals surface area contributed by atoms with Gasteiger partial charge in [0, 0.05) is 18.3 Å². The maximum Gasteiger partial charge on any atom is 0.321 e. The number of halogens is 2. The Labute approximate surface area is 160 Å². The first-order valence-corrected chi connectivity index (χ1v) is 8.52. The van der Waals surface area contributed by atoms with Crippen LogP contribution in [0.2, 0.25) is 0 Å². The summed E-state index contributed by atoms with van der Waals surface area (Å²) in [5.74, 6) is -3.33. The molecule has 0 unspecified atom stereocenters. The fourth-order valence-corrected chi connectivity index (χ4v) is 2.37. The lowest BCUT2D eigenvalue weighted by Crippen LogP contribution is -2.46. The van der Waals surface area contributed by atoms with Crippen molar-refractivity contribution in [2.24, 2.45) is 0 Å². The van der Waals surface area contributed by atoms with Gasteiger partial charge in [0.15, 0.2) is 11.6 Å². The molecular formula is C19H20F2N4O3. The van der Waals surface area contributed by atoms with Gasteiger partial charge in [0.05, 0.1) is 6.54 Å². The molecule has 0 aromatic heterocycles. The molecule has 2 aromatic rings. The molecule has 0 saturated heterocycles. The van der Waals surface area contributed by atoms with Crippen LogP contribution >= 0.6 is 0 Å². The van der Waals surface area contributed by atoms with Gasteiger partial charge in [0.1, 0.15) is 6.04 Å². The second kappa shape index (κ2) is 10.1. The number of anilines is 1. The third-order valence-corrected chi connectivity index (χ3v) is 3.64. The number of hydrogen-bond donors (Lipinski definition) is 4. The lowest BCUT2D eigenvalue weighted by Gasteiger charge is -2.18. The normalized spacial score (nSPS) is 11.4. The van der Waals surface area contributed by atoms with Crippen LogP contribution in [0, 0.1) is 11.6 Å². The van der Waals surface area contributed by atoms with Gasteiger partial charge in [-0.25, -0.2) is 13.6 Å². The monoisotopic (exact) mass is 390 g/mol. The molecule has 148 valence electrons. The van der Waals surface area contributed by atoms with Gasteiger partial charge in [-0.1, -0.05) is 30.3 Å². The van der Waals surface area contributed by atoms with E-state index in [1.54, 1.807) is 37.3 Å². The van der Waals surface area contributed by atoms with Crippen molar-refractivity contribution in [2.75, 3.05) is 18.4 Å². The van der Waals surface area contributed by atoms with E-state index in [2.05, 4.69) is 21.3 Å². The summed E-state index contributed by atoms with van der Waals surface area (Å²) in [5, 5.41) is 9.79. The summed E-state index contributed by atoms with van der Waals surface area (Å²) < 4.78 is 26.2. The first kappa shape index (κ1) is 21.0. The molecule has 0 aliphatic heterocycles. The van der Waals surface area contributed by atoms with E-state index in [1.165, 1.54) is 6.07 Å². The van der Waals surface area contributed by atoms with Gasteiger partial charge in [0.2, 0.25) is 11.8 Å². The third kappa shape index (κ3) is 6.13. The number of benzene rings is 2. The molecule has 2 rings (SSSR count). The van der Waals surface area contributed by atoms with E-state index in [0.717, 1.165) is 12.1 Å². The molecule has 4 N–H and O–H groups in total. The SMILES string of the molecule is CCNC(=O)NC(=O)[C@H](NCC(=O)Nc1ccc(F)c(F)c1)c1ccccc1. The standard InChI is InChI=1S/C19H20F2N4O3/c1-2-22-19(28)25-18(27)17(12-6-4-3-5-7-12)23-11-16(26)24-13-8-9-14(20)15(21)10-13/h3-10,17,23H,2,11H2,1H3,(H,24,26)(H2,22,25,27,28)/t17-/m1/s1. The Morgan fingerprint density at radius 1 is 1.00 bits per heavy atom. The highest BCUT2D eigenvalue weighted by Gasteiger charge is 2.22. The molecule has 7 nitrogen and oxygen atoms in total. The van der Waals surface area contributed by atoms with E-state index >= 15 is 0 Å². The predicted octanol–water partition coefficient (Wildman–Crippen LogP) is 2.08. The van der Waals surface area contributed by atoms with Crippen LogP contribution in [0.3, 0.4) is 0 Å². The van der Waals surface area contributed by atoms with Crippen LogP contribution in [0.1, 0.15) is 18.5 Å². The molecule has 4 amide bonds. The first-order chi connectivity index (χ1) is 13.4. The Balaban J connectivity index is 2.03. The Hall–Kier alpha value is -3.33. The average molecular weight is 390 g/mol. The number of carbonyl (C=O) groups excluding carboxylic acids is 3. The lowest BCUT2D eigenvalue weighted by atomic mass is 10.1. The minimum Gasteiger partial charge on any atom is -0.338 e. The van der Waals surface area contributed by atoms with Gasteiger partial charge >= 0.3 is 6.03 Å². The number of carbonyl (C=O) groups is 3. The Kier molecular flexibility index (Phi) is 7.58. The number of hydrogen-bond acceptors (Lipinski definition) is 4. The highest BCUT2D eigenvalue weighted by molar-refractivity contribution is 5.98. The summed E-state index contributed by atoms with van der Waals surface area (Å²) in [6.45, 7) is 1.75. The van der Waals surface area contributed by atoms with Gasteiger partial charge in [0.25, 0.3) is 0 Å². The second-order valence-electron chi connectivity index (χ2n) is 5.75. The molecule has 0 aliphatic carbocycles. The smallest absolute Gasteiger partial charge is 0.321 e. The molecule has 0 bridgehead atoms. The van der Waals surface area contributed by atoms with Crippen LogP contribution in [0.5, 0.6) is 0 Å². The van der Waals surface area contributed by atoms with Gasteiger partial charge < -0.3 is 10.6 Å². The third-order valence-electron chi connectivity index (χ3n) is 3.64. The second-order valence-corrected chi connectivity index (χ2v) is 5.75. The molecule has 9 heteroatoms. The molecule has 1 atom stereocenters. The molecule has 2 aromatic carbocycles. The lowest BCUT2D eigenvalue weighted by molar-refractivity contribution is -0.122. The van der Waals surface area contributed by atoms with E-state index in [9.17, 15) is 23.2 Å². The zero-order valence-electron chi connectivity index (χ0n) is 15.1. The molecule has 28 heavy (non-hydrogen) atoms. The topological polar surface area (TPSA) is 99.3 Å². The van der Waals surface area contributed by atoms with Crippen molar-refractivity contribution in [1.29, 1.82) is 0 Å². The Morgan fingerprint density at radius 3 is 2.36 bits per heavy atom. The minimum atomic E-state index is -1.09. The highest BCUT2D eigenvalue weighted by Crippen LogP contribution is 2.14. The maximum absolute atomic E-state index is 13.2. The van der Waals surface area contributed by atoms with Crippen molar-refractivity contribution in [3.8, 4) is 0 Å². The molecular weight excluding hydrogens is 370 g/mol. The number of urea groups is 1. The summed E-state index contributed by atoms with van der Waals surface area (Å²) in [6.07, 6.45) is 0. The summed E-state index contributed by atoms with van der Waals surface area (Å²) in [7, 11) is 0. The van der Waals surface area contributed by atoms with E-state index in [1.807, 2.05) is 0 Å². The van der Waals surface area contributed by atoms with Crippen molar-refractivity contribution in [2.45, 2.75) is 13.0 Å². The number of imide groups is 1. The largest absolute Gasteiger partial charge is 0.338 e. The summed E-state index contributed by atoms with van der Waals surface area (Å²) >= 11 is 0. The van der Waals surface area contributed by atoms with Crippen LogP contribution in [0.15, 0.2) is 48.5 Å². The Bertz CT molecular complexity index is 846. The zero-order chi connectivity index (χ0) is 20.5. The van der Waals surface area contributed by atoms with Crippen LogP contribution < -0.4 is 21.3 Å². The van der Waals surface area contributed by atoms with Crippen LogP contribution in [0.4, 0.5) is 19.3 Å². The summed E-state index contributed by atoms with van der Waals surface area (Å²) in [6, 6.07) is 9.86. The van der Waals surface area contributed by atoms with Gasteiger partial charge in [-0.2, -0.15) is 0 Å². The fourth-order valence-electron chi connectivity index (χ4n) is 2.37. The van der Waals surface area contributed by atoms with Gasteiger partial charge in [-0.3, -0.25) is 20.2 Å². The van der Waals surface area contributed by atoms with Gasteiger partial charge in [-0.15, -0.1) is 0 Å². The quantitative estimate of drug-likeness (QED) is 0.582. The van der Waals surface area contributed by atoms with Gasteiger partial charge in [-0.05, 0) is 24.6 Å². The average Bonchev–Trinajstić information content (AvgIpc) is 2.66. The van der Waals surface area contributed by atoms with E-state index in [-0.39, 0.29) is 12.2 Å². The molecule has 0 aliphatic rings. The maximum atomic E-state index is 13.2. The van der Waals surface area contributed by atoms with E-state index < -0.39 is 35.5 Å². The van der Waals surface area contributed by atoms with E-state index in [0.29, 0.717) is 12.1 Å². The minimum absolute atomic E-state index is 0.0775. The van der Waals surface area contributed by atoms with Crippen molar-refractivity contribution >= 4 is 23.5 Å². The molecule has 0 fully saturated rings. The van der Waals surface area contributed by atoms with Crippen molar-refractivity contribution in [3.63, 3.8) is 0 Å². The number of amides is 4. The first-order valence-electron chi connectivity index (χ1n) is 8.52. The van der Waals surface area contributed by atoms with Crippen LogP contribution in [-0.2, 0) is 9.59 Å².